The van der Waals surface area contributed by atoms with Crippen molar-refractivity contribution in [1.29, 1.82) is 0 Å². The Labute approximate surface area is 151 Å². The van der Waals surface area contributed by atoms with Gasteiger partial charge in [-0.25, -0.2) is 4.98 Å². The summed E-state index contributed by atoms with van der Waals surface area (Å²) in [6.07, 6.45) is 4.84. The highest BCUT2D eigenvalue weighted by Gasteiger charge is 2.36. The summed E-state index contributed by atoms with van der Waals surface area (Å²) in [4.78, 5) is 30.8. The van der Waals surface area contributed by atoms with E-state index < -0.39 is 0 Å². The number of aryl methyl sites for hydroxylation is 1. The molecule has 1 aromatic heterocycles. The molecule has 2 atom stereocenters. The largest absolute Gasteiger partial charge is 0.351 e. The Hall–Kier alpha value is -1.95. The summed E-state index contributed by atoms with van der Waals surface area (Å²) in [5.41, 5.74) is 1.05. The second-order valence-electron chi connectivity index (χ2n) is 7.05. The summed E-state index contributed by atoms with van der Waals surface area (Å²) < 4.78 is 1.21. The van der Waals surface area contributed by atoms with E-state index in [-0.39, 0.29) is 17.9 Å². The molecule has 0 spiro atoms. The monoisotopic (exact) mass is 357 g/mol. The summed E-state index contributed by atoms with van der Waals surface area (Å²) in [6.45, 7) is 1.47. The van der Waals surface area contributed by atoms with Gasteiger partial charge in [0.05, 0.1) is 21.3 Å². The lowest BCUT2D eigenvalue weighted by atomic mass is 9.99. The van der Waals surface area contributed by atoms with Gasteiger partial charge in [-0.3, -0.25) is 9.59 Å². The van der Waals surface area contributed by atoms with Crippen molar-refractivity contribution >= 4 is 33.4 Å². The number of hydrogen-bond donors (Lipinski definition) is 1. The third kappa shape index (κ3) is 3.68. The molecule has 0 radical (unpaired) electrons. The highest BCUT2D eigenvalue weighted by Crippen LogP contribution is 2.26. The molecule has 0 saturated carbocycles. The molecule has 2 amide bonds. The molecule has 2 fully saturated rings. The molecule has 2 aliphatic rings. The summed E-state index contributed by atoms with van der Waals surface area (Å²) in [5, 5.41) is 4.19. The number of para-hydroxylation sites is 1. The van der Waals surface area contributed by atoms with Gasteiger partial charge in [0, 0.05) is 25.9 Å². The van der Waals surface area contributed by atoms with E-state index in [2.05, 4.69) is 16.4 Å². The van der Waals surface area contributed by atoms with Crippen LogP contribution in [0.1, 0.15) is 37.1 Å². The predicted molar refractivity (Wildman–Crippen MR) is 98.4 cm³/mol. The van der Waals surface area contributed by atoms with Crippen LogP contribution in [0.2, 0.25) is 0 Å². The summed E-state index contributed by atoms with van der Waals surface area (Å²) in [5.74, 6) is 0.778. The van der Waals surface area contributed by atoms with Crippen LogP contribution in [0, 0.1) is 5.92 Å². The molecule has 2 aromatic rings. The number of nitrogens with one attached hydrogen (secondary N) is 1. The molecule has 0 bridgehead atoms. The van der Waals surface area contributed by atoms with Crippen LogP contribution in [0.3, 0.4) is 0 Å². The Morgan fingerprint density at radius 1 is 1.32 bits per heavy atom. The van der Waals surface area contributed by atoms with Crippen LogP contribution < -0.4 is 5.32 Å². The fourth-order valence-electron chi connectivity index (χ4n) is 3.91. The lowest BCUT2D eigenvalue weighted by Gasteiger charge is -2.16. The zero-order chi connectivity index (χ0) is 17.2. The van der Waals surface area contributed by atoms with E-state index in [4.69, 9.17) is 0 Å². The van der Waals surface area contributed by atoms with Crippen LogP contribution in [0.25, 0.3) is 10.2 Å². The average molecular weight is 357 g/mol. The minimum Gasteiger partial charge on any atom is -0.351 e. The molecule has 132 valence electrons. The number of carbonyl (C=O) groups excluding carboxylic acids is 2. The first-order chi connectivity index (χ1) is 12.2. The van der Waals surface area contributed by atoms with Gasteiger partial charge in [-0.2, -0.15) is 0 Å². The number of benzene rings is 1. The van der Waals surface area contributed by atoms with Gasteiger partial charge in [-0.05, 0) is 43.7 Å². The van der Waals surface area contributed by atoms with Crippen LogP contribution in [-0.2, 0) is 16.0 Å². The third-order valence-corrected chi connectivity index (χ3v) is 6.33. The highest BCUT2D eigenvalue weighted by molar-refractivity contribution is 7.18. The van der Waals surface area contributed by atoms with Gasteiger partial charge in [0.1, 0.15) is 0 Å². The lowest BCUT2D eigenvalue weighted by Crippen LogP contribution is -2.39. The van der Waals surface area contributed by atoms with Crippen LogP contribution in [0.4, 0.5) is 0 Å². The first-order valence-electron chi connectivity index (χ1n) is 9.10. The zero-order valence-corrected chi connectivity index (χ0v) is 15.1. The molecular formula is C19H23N3O2S. The Kier molecular flexibility index (Phi) is 4.70. The van der Waals surface area contributed by atoms with E-state index in [9.17, 15) is 9.59 Å². The minimum atomic E-state index is 0.137. The van der Waals surface area contributed by atoms with E-state index in [1.165, 1.54) is 4.70 Å². The van der Waals surface area contributed by atoms with Gasteiger partial charge in [0.25, 0.3) is 0 Å². The quantitative estimate of drug-likeness (QED) is 0.915. The second-order valence-corrected chi connectivity index (χ2v) is 8.17. The molecular weight excluding hydrogens is 334 g/mol. The van der Waals surface area contributed by atoms with Crippen molar-refractivity contribution < 1.29 is 9.59 Å². The van der Waals surface area contributed by atoms with Crippen LogP contribution >= 0.6 is 11.3 Å². The normalized spacial score (nSPS) is 23.4. The number of hydrogen-bond acceptors (Lipinski definition) is 4. The first kappa shape index (κ1) is 16.5. The van der Waals surface area contributed by atoms with E-state index in [0.29, 0.717) is 25.3 Å². The minimum absolute atomic E-state index is 0.137. The standard InChI is InChI=1S/C19H23N3O2S/c23-17-8-3-5-13-11-22(12-15(13)20-17)19(24)10-4-9-18-21-14-6-1-2-7-16(14)25-18/h1-2,6-7,13,15H,3-5,8-12H2,(H,20,23). The van der Waals surface area contributed by atoms with Crippen molar-refractivity contribution in [3.63, 3.8) is 0 Å². The van der Waals surface area contributed by atoms with E-state index in [0.717, 1.165) is 42.8 Å². The number of fused-ring (bicyclic) bond motifs is 2. The molecule has 3 heterocycles. The first-order valence-corrected chi connectivity index (χ1v) is 9.92. The molecule has 2 aliphatic heterocycles. The summed E-state index contributed by atoms with van der Waals surface area (Å²) in [7, 11) is 0. The summed E-state index contributed by atoms with van der Waals surface area (Å²) in [6, 6.07) is 8.31. The highest BCUT2D eigenvalue weighted by atomic mass is 32.1. The molecule has 4 rings (SSSR count). The van der Waals surface area contributed by atoms with Crippen LogP contribution in [-0.4, -0.2) is 40.8 Å². The van der Waals surface area contributed by atoms with Gasteiger partial charge in [0.15, 0.2) is 0 Å². The molecule has 2 saturated heterocycles. The maximum absolute atomic E-state index is 12.5. The molecule has 25 heavy (non-hydrogen) atoms. The Morgan fingerprint density at radius 2 is 2.20 bits per heavy atom. The Morgan fingerprint density at radius 3 is 3.08 bits per heavy atom. The van der Waals surface area contributed by atoms with Crippen molar-refractivity contribution in [2.24, 2.45) is 5.92 Å². The Balaban J connectivity index is 1.28. The SMILES string of the molecule is O=C1CCCC2CN(C(=O)CCCc3nc4ccccc4s3)CC2N1. The number of carbonyl (C=O) groups is 2. The topological polar surface area (TPSA) is 62.3 Å². The Bertz CT molecular complexity index is 755. The molecule has 2 unspecified atom stereocenters. The maximum Gasteiger partial charge on any atom is 0.222 e. The molecule has 0 aliphatic carbocycles. The molecule has 1 N–H and O–H groups in total. The third-order valence-electron chi connectivity index (χ3n) is 5.24. The maximum atomic E-state index is 12.5. The predicted octanol–water partition coefficient (Wildman–Crippen LogP) is 2.75. The zero-order valence-electron chi connectivity index (χ0n) is 14.2. The van der Waals surface area contributed by atoms with Crippen molar-refractivity contribution in [2.45, 2.75) is 44.6 Å². The van der Waals surface area contributed by atoms with Gasteiger partial charge >= 0.3 is 0 Å². The van der Waals surface area contributed by atoms with Crippen molar-refractivity contribution in [3.05, 3.63) is 29.3 Å². The van der Waals surface area contributed by atoms with Crippen LogP contribution in [0.15, 0.2) is 24.3 Å². The van der Waals surface area contributed by atoms with E-state index in [1.54, 1.807) is 11.3 Å². The summed E-state index contributed by atoms with van der Waals surface area (Å²) >= 11 is 1.72. The fourth-order valence-corrected chi connectivity index (χ4v) is 4.92. The molecule has 1 aromatic carbocycles. The molecule has 6 heteroatoms. The van der Waals surface area contributed by atoms with E-state index >= 15 is 0 Å². The van der Waals surface area contributed by atoms with E-state index in [1.807, 2.05) is 23.1 Å². The fraction of sp³-hybridized carbons (Fsp3) is 0.526. The van der Waals surface area contributed by atoms with Gasteiger partial charge in [0.2, 0.25) is 11.8 Å². The van der Waals surface area contributed by atoms with Crippen molar-refractivity contribution in [2.75, 3.05) is 13.1 Å². The smallest absolute Gasteiger partial charge is 0.222 e. The number of rotatable bonds is 4. The average Bonchev–Trinajstić information content (AvgIpc) is 3.14. The number of nitrogens with zero attached hydrogens (tertiary/aromatic N) is 2. The number of amides is 2. The van der Waals surface area contributed by atoms with Gasteiger partial charge in [-0.1, -0.05) is 12.1 Å². The number of likely N-dealkylation sites (tertiary alicyclic amines) is 1. The van der Waals surface area contributed by atoms with Crippen molar-refractivity contribution in [1.82, 2.24) is 15.2 Å². The van der Waals surface area contributed by atoms with Crippen molar-refractivity contribution in [3.8, 4) is 0 Å². The number of thiazole rings is 1. The van der Waals surface area contributed by atoms with Gasteiger partial charge < -0.3 is 10.2 Å². The van der Waals surface area contributed by atoms with Gasteiger partial charge in [-0.15, -0.1) is 11.3 Å². The number of aromatic nitrogens is 1. The van der Waals surface area contributed by atoms with Crippen LogP contribution in [0.5, 0.6) is 0 Å². The second kappa shape index (κ2) is 7.12. The lowest BCUT2D eigenvalue weighted by molar-refractivity contribution is -0.130. The molecule has 5 nitrogen and oxygen atoms in total.